The molecule has 4 aliphatic heterocycles. The first-order valence-electron chi connectivity index (χ1n) is 12.4. The van der Waals surface area contributed by atoms with E-state index in [2.05, 4.69) is 35.8 Å². The Bertz CT molecular complexity index is 812. The average molecular weight is 424 g/mol. The lowest BCUT2D eigenvalue weighted by Gasteiger charge is -2.54. The number of benzene rings is 1. The Labute approximate surface area is 186 Å². The fraction of sp³-hybridized carbons (Fsp3) is 0.692. The van der Waals surface area contributed by atoms with Gasteiger partial charge in [-0.2, -0.15) is 0 Å². The standard InChI is InChI=1S/C26H37N3O2/c1-18(2)20-6-8-21(9-7-20)26(31)27-12-10-23(11-13-27)28-15-19-14-22(17-28)24-4-3-5-25(30)29(24)16-19/h6-9,18-19,22-24H,3-5,10-17H2,1-2H3/t19?,22?,24-/m1/s1. The predicted molar refractivity (Wildman–Crippen MR) is 122 cm³/mol. The molecule has 0 N–H and O–H groups in total. The molecule has 0 saturated carbocycles. The third-order valence-corrected chi connectivity index (χ3v) is 8.30. The molecule has 4 fully saturated rings. The third kappa shape index (κ3) is 4.13. The molecule has 4 heterocycles. The van der Waals surface area contributed by atoms with Crippen LogP contribution in [0.2, 0.25) is 0 Å². The number of carbonyl (C=O) groups excluding carboxylic acids is 2. The minimum atomic E-state index is 0.181. The van der Waals surface area contributed by atoms with Crippen LogP contribution in [0.25, 0.3) is 0 Å². The van der Waals surface area contributed by atoms with E-state index < -0.39 is 0 Å². The highest BCUT2D eigenvalue weighted by atomic mass is 16.2. The van der Waals surface area contributed by atoms with E-state index in [1.807, 2.05) is 17.0 Å². The molecule has 168 valence electrons. The third-order valence-electron chi connectivity index (χ3n) is 8.30. The Morgan fingerprint density at radius 2 is 1.74 bits per heavy atom. The molecule has 5 heteroatoms. The lowest BCUT2D eigenvalue weighted by atomic mass is 9.75. The molecule has 4 aliphatic rings. The van der Waals surface area contributed by atoms with Crippen LogP contribution < -0.4 is 0 Å². The van der Waals surface area contributed by atoms with E-state index in [4.69, 9.17) is 0 Å². The number of carbonyl (C=O) groups is 2. The first-order chi connectivity index (χ1) is 15.0. The van der Waals surface area contributed by atoms with Gasteiger partial charge in [-0.25, -0.2) is 0 Å². The van der Waals surface area contributed by atoms with Gasteiger partial charge in [0.05, 0.1) is 0 Å². The maximum Gasteiger partial charge on any atom is 0.253 e. The van der Waals surface area contributed by atoms with E-state index in [9.17, 15) is 9.59 Å². The first-order valence-corrected chi connectivity index (χ1v) is 12.4. The Morgan fingerprint density at radius 3 is 2.45 bits per heavy atom. The summed E-state index contributed by atoms with van der Waals surface area (Å²) >= 11 is 0. The molecule has 5 nitrogen and oxygen atoms in total. The Kier molecular flexibility index (Phi) is 5.80. The van der Waals surface area contributed by atoms with E-state index >= 15 is 0 Å². The molecular weight excluding hydrogens is 386 g/mol. The normalized spacial score (nSPS) is 29.9. The smallest absolute Gasteiger partial charge is 0.253 e. The fourth-order valence-electron chi connectivity index (χ4n) is 6.57. The van der Waals surface area contributed by atoms with Crippen LogP contribution in [0, 0.1) is 11.8 Å². The summed E-state index contributed by atoms with van der Waals surface area (Å²) in [6, 6.07) is 9.24. The lowest BCUT2D eigenvalue weighted by molar-refractivity contribution is -0.145. The highest BCUT2D eigenvalue weighted by Crippen LogP contribution is 2.39. The zero-order valence-electron chi connectivity index (χ0n) is 19.1. The summed E-state index contributed by atoms with van der Waals surface area (Å²) in [5.74, 6) is 2.35. The fourth-order valence-corrected chi connectivity index (χ4v) is 6.57. The van der Waals surface area contributed by atoms with Crippen LogP contribution in [0.3, 0.4) is 0 Å². The minimum absolute atomic E-state index is 0.181. The van der Waals surface area contributed by atoms with Gasteiger partial charge in [-0.15, -0.1) is 0 Å². The number of nitrogens with zero attached hydrogens (tertiary/aromatic N) is 3. The minimum Gasteiger partial charge on any atom is -0.339 e. The largest absolute Gasteiger partial charge is 0.339 e. The maximum absolute atomic E-state index is 13.0. The quantitative estimate of drug-likeness (QED) is 0.744. The van der Waals surface area contributed by atoms with Crippen molar-refractivity contribution in [1.29, 1.82) is 0 Å². The van der Waals surface area contributed by atoms with Crippen molar-refractivity contribution in [1.82, 2.24) is 14.7 Å². The summed E-state index contributed by atoms with van der Waals surface area (Å²) in [5.41, 5.74) is 2.10. The van der Waals surface area contributed by atoms with Crippen molar-refractivity contribution in [3.05, 3.63) is 35.4 Å². The van der Waals surface area contributed by atoms with Gasteiger partial charge in [-0.05, 0) is 67.6 Å². The second-order valence-electron chi connectivity index (χ2n) is 10.6. The average Bonchev–Trinajstić information content (AvgIpc) is 2.79. The van der Waals surface area contributed by atoms with Crippen molar-refractivity contribution in [2.45, 2.75) is 70.4 Å². The van der Waals surface area contributed by atoms with Crippen LogP contribution in [0.4, 0.5) is 0 Å². The Balaban J connectivity index is 1.17. The van der Waals surface area contributed by atoms with Gasteiger partial charge in [-0.3, -0.25) is 14.5 Å². The predicted octanol–water partition coefficient (Wildman–Crippen LogP) is 3.75. The van der Waals surface area contributed by atoms with Gasteiger partial charge >= 0.3 is 0 Å². The topological polar surface area (TPSA) is 43.9 Å². The van der Waals surface area contributed by atoms with Gasteiger partial charge in [0, 0.05) is 56.8 Å². The number of hydrogen-bond acceptors (Lipinski definition) is 3. The molecule has 0 radical (unpaired) electrons. The van der Waals surface area contributed by atoms with Crippen molar-refractivity contribution in [3.8, 4) is 0 Å². The molecule has 0 aliphatic carbocycles. The highest BCUT2D eigenvalue weighted by molar-refractivity contribution is 5.94. The molecule has 3 atom stereocenters. The second kappa shape index (κ2) is 8.57. The van der Waals surface area contributed by atoms with E-state index in [0.717, 1.165) is 64.0 Å². The number of likely N-dealkylation sites (tertiary alicyclic amines) is 2. The van der Waals surface area contributed by atoms with Gasteiger partial charge in [0.1, 0.15) is 0 Å². The van der Waals surface area contributed by atoms with Crippen LogP contribution in [0.5, 0.6) is 0 Å². The van der Waals surface area contributed by atoms with Crippen molar-refractivity contribution in [3.63, 3.8) is 0 Å². The second-order valence-corrected chi connectivity index (χ2v) is 10.6. The van der Waals surface area contributed by atoms with E-state index in [1.54, 1.807) is 0 Å². The first kappa shape index (κ1) is 21.0. The van der Waals surface area contributed by atoms with Gasteiger partial charge in [0.15, 0.2) is 0 Å². The summed E-state index contributed by atoms with van der Waals surface area (Å²) in [6.07, 6.45) is 6.46. The zero-order chi connectivity index (χ0) is 21.5. The Morgan fingerprint density at radius 1 is 1.00 bits per heavy atom. The monoisotopic (exact) mass is 423 g/mol. The number of piperidine rings is 4. The molecule has 5 rings (SSSR count). The van der Waals surface area contributed by atoms with Crippen molar-refractivity contribution < 1.29 is 9.59 Å². The molecule has 2 unspecified atom stereocenters. The highest BCUT2D eigenvalue weighted by Gasteiger charge is 2.45. The molecule has 0 aromatic heterocycles. The van der Waals surface area contributed by atoms with Crippen LogP contribution in [-0.4, -0.2) is 71.3 Å². The molecule has 1 aromatic rings. The number of amides is 2. The van der Waals surface area contributed by atoms with Crippen LogP contribution >= 0.6 is 0 Å². The summed E-state index contributed by atoms with van der Waals surface area (Å²) < 4.78 is 0. The lowest BCUT2D eigenvalue weighted by Crippen LogP contribution is -2.62. The van der Waals surface area contributed by atoms with E-state index in [-0.39, 0.29) is 5.91 Å². The molecule has 2 bridgehead atoms. The molecular formula is C26H37N3O2. The SMILES string of the molecule is CC(C)c1ccc(C(=O)N2CCC(N3CC4CC(C3)[C@H]3CCCC(=O)N3C4)CC2)cc1. The van der Waals surface area contributed by atoms with Gasteiger partial charge in [0.2, 0.25) is 5.91 Å². The van der Waals surface area contributed by atoms with Crippen molar-refractivity contribution >= 4 is 11.8 Å². The van der Waals surface area contributed by atoms with Crippen LogP contribution in [0.15, 0.2) is 24.3 Å². The summed E-state index contributed by atoms with van der Waals surface area (Å²) in [7, 11) is 0. The molecule has 0 spiro atoms. The molecule has 1 aromatic carbocycles. The summed E-state index contributed by atoms with van der Waals surface area (Å²) in [4.78, 5) is 32.4. The van der Waals surface area contributed by atoms with E-state index in [1.165, 1.54) is 18.4 Å². The van der Waals surface area contributed by atoms with Crippen LogP contribution in [0.1, 0.15) is 74.2 Å². The Hall–Kier alpha value is -1.88. The molecule has 31 heavy (non-hydrogen) atoms. The molecule has 2 amide bonds. The molecule has 4 saturated heterocycles. The summed E-state index contributed by atoms with van der Waals surface area (Å²) in [5, 5.41) is 0. The van der Waals surface area contributed by atoms with Gasteiger partial charge in [-0.1, -0.05) is 26.0 Å². The van der Waals surface area contributed by atoms with Crippen molar-refractivity contribution in [2.75, 3.05) is 32.7 Å². The number of fused-ring (bicyclic) bond motifs is 4. The zero-order valence-corrected chi connectivity index (χ0v) is 19.1. The van der Waals surface area contributed by atoms with Crippen LogP contribution in [-0.2, 0) is 4.79 Å². The van der Waals surface area contributed by atoms with Crippen molar-refractivity contribution in [2.24, 2.45) is 11.8 Å². The van der Waals surface area contributed by atoms with E-state index in [0.29, 0.717) is 35.7 Å². The number of rotatable bonds is 3. The summed E-state index contributed by atoms with van der Waals surface area (Å²) in [6.45, 7) is 9.31. The van der Waals surface area contributed by atoms with Gasteiger partial charge < -0.3 is 9.80 Å². The maximum atomic E-state index is 13.0. The number of hydrogen-bond donors (Lipinski definition) is 0. The van der Waals surface area contributed by atoms with Gasteiger partial charge in [0.25, 0.3) is 5.91 Å².